The third-order valence-electron chi connectivity index (χ3n) is 4.75. The van der Waals surface area contributed by atoms with E-state index in [9.17, 15) is 24.8 Å². The molecule has 3 rings (SSSR count). The van der Waals surface area contributed by atoms with Crippen LogP contribution in [0.5, 0.6) is 0 Å². The monoisotopic (exact) mass is 399 g/mol. The van der Waals surface area contributed by atoms with E-state index in [2.05, 4.69) is 10.3 Å². The number of pyridine rings is 1. The number of rotatable bonds is 6. The number of carbonyl (C=O) groups is 2. The lowest BCUT2D eigenvalue weighted by Gasteiger charge is -2.37. The highest BCUT2D eigenvalue weighted by molar-refractivity contribution is 5.97. The van der Waals surface area contributed by atoms with Crippen LogP contribution in [-0.4, -0.2) is 70.6 Å². The van der Waals surface area contributed by atoms with Gasteiger partial charge in [-0.3, -0.25) is 24.7 Å². The molecule has 0 unspecified atom stereocenters. The number of anilines is 1. The van der Waals surface area contributed by atoms with E-state index in [1.807, 2.05) is 4.90 Å². The van der Waals surface area contributed by atoms with Crippen LogP contribution in [-0.2, 0) is 4.79 Å². The topological polar surface area (TPSA) is 129 Å². The summed E-state index contributed by atoms with van der Waals surface area (Å²) in [6.45, 7) is 1.41. The molecule has 0 bridgehead atoms. The largest absolute Gasteiger partial charge is 0.394 e. The number of carbonyl (C=O) groups excluding carboxylic acids is 2. The van der Waals surface area contributed by atoms with Crippen LogP contribution in [0.4, 0.5) is 11.4 Å². The van der Waals surface area contributed by atoms with E-state index in [1.165, 1.54) is 36.7 Å². The van der Waals surface area contributed by atoms with E-state index in [-0.39, 0.29) is 11.6 Å². The number of amides is 2. The van der Waals surface area contributed by atoms with Crippen molar-refractivity contribution in [3.63, 3.8) is 0 Å². The summed E-state index contributed by atoms with van der Waals surface area (Å²) in [6, 6.07) is 8.28. The molecule has 0 aliphatic carbocycles. The van der Waals surface area contributed by atoms with Gasteiger partial charge in [0, 0.05) is 62.0 Å². The number of non-ortho nitro benzene ring substituents is 1. The van der Waals surface area contributed by atoms with Crippen molar-refractivity contribution in [2.75, 3.05) is 37.7 Å². The highest BCUT2D eigenvalue weighted by Crippen LogP contribution is 2.20. The van der Waals surface area contributed by atoms with E-state index in [4.69, 9.17) is 0 Å². The summed E-state index contributed by atoms with van der Waals surface area (Å²) in [4.78, 5) is 42.7. The van der Waals surface area contributed by atoms with Crippen LogP contribution in [0.1, 0.15) is 10.4 Å². The van der Waals surface area contributed by atoms with Gasteiger partial charge < -0.3 is 20.2 Å². The van der Waals surface area contributed by atoms with Crippen molar-refractivity contribution in [2.45, 2.75) is 6.04 Å². The Labute approximate surface area is 166 Å². The van der Waals surface area contributed by atoms with Crippen molar-refractivity contribution in [1.29, 1.82) is 0 Å². The maximum Gasteiger partial charge on any atom is 0.269 e. The van der Waals surface area contributed by atoms with E-state index < -0.39 is 23.5 Å². The summed E-state index contributed by atoms with van der Waals surface area (Å²) in [6.07, 6.45) is 2.95. The number of aromatic nitrogens is 1. The van der Waals surface area contributed by atoms with Crippen LogP contribution in [0.25, 0.3) is 0 Å². The summed E-state index contributed by atoms with van der Waals surface area (Å²) in [5, 5.41) is 22.9. The zero-order valence-electron chi connectivity index (χ0n) is 15.6. The number of aliphatic hydroxyl groups excluding tert-OH is 1. The second kappa shape index (κ2) is 9.11. The van der Waals surface area contributed by atoms with Crippen LogP contribution < -0.4 is 10.2 Å². The molecule has 1 saturated heterocycles. The van der Waals surface area contributed by atoms with Gasteiger partial charge in [0.25, 0.3) is 11.6 Å². The number of hydrogen-bond donors (Lipinski definition) is 2. The molecular weight excluding hydrogens is 378 g/mol. The fourth-order valence-electron chi connectivity index (χ4n) is 3.12. The summed E-state index contributed by atoms with van der Waals surface area (Å²) in [5.41, 5.74) is 1.22. The fraction of sp³-hybridized carbons (Fsp3) is 0.316. The SMILES string of the molecule is O=C(N[C@@H](CO)C(=O)N1CCN(c2ccc([N+](=O)[O-])cc2)CC1)c1ccncc1. The molecule has 10 heteroatoms. The average molecular weight is 399 g/mol. The summed E-state index contributed by atoms with van der Waals surface area (Å²) in [7, 11) is 0. The number of aliphatic hydroxyl groups is 1. The third-order valence-corrected chi connectivity index (χ3v) is 4.75. The van der Waals surface area contributed by atoms with Crippen molar-refractivity contribution in [3.05, 3.63) is 64.5 Å². The summed E-state index contributed by atoms with van der Waals surface area (Å²) < 4.78 is 0. The van der Waals surface area contributed by atoms with Gasteiger partial charge in [0.1, 0.15) is 6.04 Å². The number of nitro groups is 1. The Hall–Kier alpha value is -3.53. The van der Waals surface area contributed by atoms with Gasteiger partial charge in [-0.05, 0) is 24.3 Å². The minimum atomic E-state index is -1.03. The Morgan fingerprint density at radius 1 is 1.10 bits per heavy atom. The van der Waals surface area contributed by atoms with Crippen molar-refractivity contribution >= 4 is 23.2 Å². The molecule has 1 aromatic carbocycles. The molecule has 2 N–H and O–H groups in total. The molecule has 1 aliphatic rings. The molecule has 1 aromatic heterocycles. The quantitative estimate of drug-likeness (QED) is 0.532. The van der Waals surface area contributed by atoms with Gasteiger partial charge in [0.2, 0.25) is 5.91 Å². The van der Waals surface area contributed by atoms with Gasteiger partial charge in [0.05, 0.1) is 11.5 Å². The molecule has 10 nitrogen and oxygen atoms in total. The molecule has 2 aromatic rings. The number of nitrogens with one attached hydrogen (secondary N) is 1. The first kappa shape index (κ1) is 20.2. The van der Waals surface area contributed by atoms with Crippen LogP contribution in [0.2, 0.25) is 0 Å². The van der Waals surface area contributed by atoms with Crippen molar-refractivity contribution < 1.29 is 19.6 Å². The lowest BCUT2D eigenvalue weighted by Crippen LogP contribution is -2.56. The van der Waals surface area contributed by atoms with Crippen LogP contribution in [0.15, 0.2) is 48.8 Å². The molecule has 1 fully saturated rings. The fourth-order valence-corrected chi connectivity index (χ4v) is 3.12. The third kappa shape index (κ3) is 4.85. The van der Waals surface area contributed by atoms with Gasteiger partial charge in [-0.1, -0.05) is 0 Å². The highest BCUT2D eigenvalue weighted by atomic mass is 16.6. The number of piperazine rings is 1. The highest BCUT2D eigenvalue weighted by Gasteiger charge is 2.28. The van der Waals surface area contributed by atoms with Gasteiger partial charge in [-0.25, -0.2) is 0 Å². The minimum absolute atomic E-state index is 0.0262. The normalized spacial score (nSPS) is 14.9. The molecule has 0 saturated carbocycles. The second-order valence-electron chi connectivity index (χ2n) is 6.53. The van der Waals surface area contributed by atoms with Gasteiger partial charge >= 0.3 is 0 Å². The Balaban J connectivity index is 1.56. The molecule has 0 radical (unpaired) electrons. The molecule has 29 heavy (non-hydrogen) atoms. The standard InChI is InChI=1S/C19H21N5O5/c25-13-17(21-18(26)14-5-7-20-8-6-14)19(27)23-11-9-22(10-12-23)15-1-3-16(4-2-15)24(28)29/h1-8,17,25H,9-13H2,(H,21,26)/t17-/m0/s1. The molecule has 152 valence electrons. The number of nitro benzene ring substituents is 1. The van der Waals surface area contributed by atoms with Crippen molar-refractivity contribution in [1.82, 2.24) is 15.2 Å². The van der Waals surface area contributed by atoms with Gasteiger partial charge in [-0.15, -0.1) is 0 Å². The lowest BCUT2D eigenvalue weighted by molar-refractivity contribution is -0.384. The van der Waals surface area contributed by atoms with E-state index in [1.54, 1.807) is 17.0 Å². The predicted molar refractivity (Wildman–Crippen MR) is 104 cm³/mol. The van der Waals surface area contributed by atoms with E-state index in [0.717, 1.165) is 5.69 Å². The molecule has 2 amide bonds. The van der Waals surface area contributed by atoms with Crippen molar-refractivity contribution in [2.24, 2.45) is 0 Å². The Morgan fingerprint density at radius 2 is 1.72 bits per heavy atom. The van der Waals surface area contributed by atoms with Crippen molar-refractivity contribution in [3.8, 4) is 0 Å². The number of nitrogens with zero attached hydrogens (tertiary/aromatic N) is 4. The smallest absolute Gasteiger partial charge is 0.269 e. The molecule has 1 atom stereocenters. The van der Waals surface area contributed by atoms with Gasteiger partial charge in [-0.2, -0.15) is 0 Å². The summed E-state index contributed by atoms with van der Waals surface area (Å²) >= 11 is 0. The molecule has 1 aliphatic heterocycles. The molecule has 0 spiro atoms. The van der Waals surface area contributed by atoms with Crippen LogP contribution >= 0.6 is 0 Å². The van der Waals surface area contributed by atoms with E-state index >= 15 is 0 Å². The Morgan fingerprint density at radius 3 is 2.28 bits per heavy atom. The maximum absolute atomic E-state index is 12.7. The summed E-state index contributed by atoms with van der Waals surface area (Å²) in [5.74, 6) is -0.803. The zero-order chi connectivity index (χ0) is 20.8. The first-order valence-electron chi connectivity index (χ1n) is 9.09. The zero-order valence-corrected chi connectivity index (χ0v) is 15.6. The predicted octanol–water partition coefficient (Wildman–Crippen LogP) is 0.429. The van der Waals surface area contributed by atoms with Gasteiger partial charge in [0.15, 0.2) is 0 Å². The van der Waals surface area contributed by atoms with E-state index in [0.29, 0.717) is 31.7 Å². The lowest BCUT2D eigenvalue weighted by atomic mass is 10.2. The first-order valence-corrected chi connectivity index (χ1v) is 9.09. The maximum atomic E-state index is 12.7. The second-order valence-corrected chi connectivity index (χ2v) is 6.53. The number of benzene rings is 1. The Kier molecular flexibility index (Phi) is 6.35. The molecular formula is C19H21N5O5. The first-order chi connectivity index (χ1) is 14.0. The van der Waals surface area contributed by atoms with Crippen LogP contribution in [0, 0.1) is 10.1 Å². The number of hydrogen-bond acceptors (Lipinski definition) is 7. The minimum Gasteiger partial charge on any atom is -0.394 e. The Bertz CT molecular complexity index is 866. The average Bonchev–Trinajstić information content (AvgIpc) is 2.77. The molecule has 2 heterocycles. The van der Waals surface area contributed by atoms with Crippen LogP contribution in [0.3, 0.4) is 0 Å².